The monoisotopic (exact) mass is 333 g/mol. The van der Waals surface area contributed by atoms with Crippen LogP contribution in [0.4, 0.5) is 4.39 Å². The summed E-state index contributed by atoms with van der Waals surface area (Å²) in [6.07, 6.45) is 2.47. The Balaban J connectivity index is 1.90. The van der Waals surface area contributed by atoms with Gasteiger partial charge in [0.1, 0.15) is 10.1 Å². The number of hydrogen-bond acceptors (Lipinski definition) is 2. The van der Waals surface area contributed by atoms with Crippen LogP contribution in [0.1, 0.15) is 18.4 Å². The molecule has 1 nitrogen and oxygen atoms in total. The number of likely N-dealkylation sites (tertiary alicyclic amines) is 1. The molecule has 1 aliphatic heterocycles. The van der Waals surface area contributed by atoms with Crippen molar-refractivity contribution in [1.29, 1.82) is 0 Å². The number of nitrogens with zero attached hydrogens (tertiary/aromatic N) is 1. The van der Waals surface area contributed by atoms with Crippen molar-refractivity contribution in [3.63, 3.8) is 0 Å². The highest BCUT2D eigenvalue weighted by atomic mass is 79.9. The summed E-state index contributed by atoms with van der Waals surface area (Å²) in [5.74, 6) is 0.573. The summed E-state index contributed by atoms with van der Waals surface area (Å²) in [4.78, 5) is 2.25. The SMILES string of the molecule is Fc1ccc(CSC(=S)N2CCCC2)c(Br)c1. The Bertz CT molecular complexity index is 419. The predicted molar refractivity (Wildman–Crippen MR) is 78.8 cm³/mol. The van der Waals surface area contributed by atoms with Crippen LogP contribution >= 0.6 is 39.9 Å². The smallest absolute Gasteiger partial charge is 0.136 e. The van der Waals surface area contributed by atoms with E-state index < -0.39 is 0 Å². The topological polar surface area (TPSA) is 3.24 Å². The van der Waals surface area contributed by atoms with Gasteiger partial charge in [0.15, 0.2) is 0 Å². The molecule has 0 bridgehead atoms. The zero-order valence-corrected chi connectivity index (χ0v) is 12.5. The van der Waals surface area contributed by atoms with Gasteiger partial charge in [0.25, 0.3) is 0 Å². The van der Waals surface area contributed by atoms with E-state index in [1.165, 1.54) is 25.0 Å². The molecule has 0 radical (unpaired) electrons. The number of hydrogen-bond donors (Lipinski definition) is 0. The van der Waals surface area contributed by atoms with Gasteiger partial charge in [0.2, 0.25) is 0 Å². The van der Waals surface area contributed by atoms with E-state index in [0.717, 1.165) is 33.2 Å². The van der Waals surface area contributed by atoms with Crippen LogP contribution in [-0.2, 0) is 5.75 Å². The van der Waals surface area contributed by atoms with Crippen molar-refractivity contribution >= 4 is 44.2 Å². The second kappa shape index (κ2) is 6.16. The van der Waals surface area contributed by atoms with Gasteiger partial charge in [-0.05, 0) is 30.5 Å². The number of thioether (sulfide) groups is 1. The van der Waals surface area contributed by atoms with E-state index >= 15 is 0 Å². The molecule has 0 amide bonds. The predicted octanol–water partition coefficient (Wildman–Crippen LogP) is 4.20. The summed E-state index contributed by atoms with van der Waals surface area (Å²) in [5, 5.41) is 0. The van der Waals surface area contributed by atoms with Crippen molar-refractivity contribution in [2.75, 3.05) is 13.1 Å². The Hall–Kier alpha value is -0.130. The molecule has 0 aromatic heterocycles. The first-order valence-electron chi connectivity index (χ1n) is 5.52. The molecule has 2 rings (SSSR count). The molecular formula is C12H13BrFNS2. The molecule has 1 heterocycles. The Morgan fingerprint density at radius 3 is 2.76 bits per heavy atom. The first-order chi connectivity index (χ1) is 8.16. The zero-order valence-electron chi connectivity index (χ0n) is 9.29. The van der Waals surface area contributed by atoms with Gasteiger partial charge in [0.05, 0.1) is 0 Å². The molecule has 0 aliphatic carbocycles. The molecule has 1 aromatic carbocycles. The van der Waals surface area contributed by atoms with Gasteiger partial charge in [-0.2, -0.15) is 0 Å². The number of thiocarbonyl (C=S) groups is 1. The lowest BCUT2D eigenvalue weighted by Crippen LogP contribution is -2.23. The van der Waals surface area contributed by atoms with Crippen molar-refractivity contribution in [3.05, 3.63) is 34.1 Å². The maximum atomic E-state index is 12.9. The van der Waals surface area contributed by atoms with E-state index in [4.69, 9.17) is 12.2 Å². The van der Waals surface area contributed by atoms with Gasteiger partial charge < -0.3 is 4.90 Å². The van der Waals surface area contributed by atoms with E-state index in [-0.39, 0.29) is 5.82 Å². The number of benzene rings is 1. The fourth-order valence-electron chi connectivity index (χ4n) is 1.77. The zero-order chi connectivity index (χ0) is 12.3. The van der Waals surface area contributed by atoms with Crippen LogP contribution in [0.2, 0.25) is 0 Å². The molecule has 1 aliphatic rings. The van der Waals surface area contributed by atoms with Crippen molar-refractivity contribution in [3.8, 4) is 0 Å². The fraction of sp³-hybridized carbons (Fsp3) is 0.417. The third-order valence-corrected chi connectivity index (χ3v) is 5.04. The molecular weight excluding hydrogens is 321 g/mol. The van der Waals surface area contributed by atoms with E-state index in [1.54, 1.807) is 17.8 Å². The molecule has 1 saturated heterocycles. The van der Waals surface area contributed by atoms with Crippen LogP contribution < -0.4 is 0 Å². The van der Waals surface area contributed by atoms with Crippen molar-refractivity contribution in [2.45, 2.75) is 18.6 Å². The molecule has 1 fully saturated rings. The van der Waals surface area contributed by atoms with Gasteiger partial charge in [-0.25, -0.2) is 4.39 Å². The first-order valence-corrected chi connectivity index (χ1v) is 7.71. The molecule has 0 N–H and O–H groups in total. The van der Waals surface area contributed by atoms with Crippen LogP contribution in [0, 0.1) is 5.82 Å². The molecule has 0 spiro atoms. The van der Waals surface area contributed by atoms with Gasteiger partial charge >= 0.3 is 0 Å². The third-order valence-electron chi connectivity index (χ3n) is 2.73. The van der Waals surface area contributed by atoms with Crippen LogP contribution in [0.3, 0.4) is 0 Å². The quantitative estimate of drug-likeness (QED) is 0.746. The van der Waals surface area contributed by atoms with Gasteiger partial charge in [-0.3, -0.25) is 0 Å². The molecule has 1 aromatic rings. The minimum Gasteiger partial charge on any atom is -0.358 e. The van der Waals surface area contributed by atoms with Crippen LogP contribution in [0.25, 0.3) is 0 Å². The van der Waals surface area contributed by atoms with Gasteiger partial charge in [-0.15, -0.1) is 0 Å². The molecule has 0 atom stereocenters. The minimum absolute atomic E-state index is 0.215. The standard InChI is InChI=1S/C12H13BrFNS2/c13-11-7-10(14)4-3-9(11)8-17-12(16)15-5-1-2-6-15/h3-4,7H,1-2,5-6,8H2. The summed E-state index contributed by atoms with van der Waals surface area (Å²) in [5.41, 5.74) is 1.08. The van der Waals surface area contributed by atoms with Gasteiger partial charge in [0, 0.05) is 23.3 Å². The first kappa shape index (κ1) is 13.3. The van der Waals surface area contributed by atoms with E-state index in [1.807, 2.05) is 0 Å². The summed E-state index contributed by atoms with van der Waals surface area (Å²) >= 11 is 10.4. The largest absolute Gasteiger partial charge is 0.358 e. The third kappa shape index (κ3) is 3.66. The maximum absolute atomic E-state index is 12.9. The lowest BCUT2D eigenvalue weighted by Gasteiger charge is -2.17. The average Bonchev–Trinajstić information content (AvgIpc) is 2.81. The second-order valence-electron chi connectivity index (χ2n) is 3.98. The lowest BCUT2D eigenvalue weighted by atomic mass is 10.2. The Kier molecular flexibility index (Phi) is 4.82. The normalized spacial score (nSPS) is 15.3. The Morgan fingerprint density at radius 2 is 2.12 bits per heavy atom. The molecule has 0 saturated carbocycles. The number of rotatable bonds is 2. The summed E-state index contributed by atoms with van der Waals surface area (Å²) in [7, 11) is 0. The van der Waals surface area contributed by atoms with E-state index in [9.17, 15) is 4.39 Å². The maximum Gasteiger partial charge on any atom is 0.136 e. The molecule has 0 unspecified atom stereocenters. The minimum atomic E-state index is -0.215. The summed E-state index contributed by atoms with van der Waals surface area (Å²) in [6.45, 7) is 2.16. The summed E-state index contributed by atoms with van der Waals surface area (Å²) < 4.78 is 14.7. The fourth-order valence-corrected chi connectivity index (χ4v) is 3.70. The molecule has 17 heavy (non-hydrogen) atoms. The van der Waals surface area contributed by atoms with Crippen molar-refractivity contribution < 1.29 is 4.39 Å². The highest BCUT2D eigenvalue weighted by molar-refractivity contribution is 9.10. The average molecular weight is 334 g/mol. The highest BCUT2D eigenvalue weighted by Gasteiger charge is 2.15. The van der Waals surface area contributed by atoms with Crippen molar-refractivity contribution in [1.82, 2.24) is 4.90 Å². The Morgan fingerprint density at radius 1 is 1.41 bits per heavy atom. The molecule has 5 heteroatoms. The van der Waals surface area contributed by atoms with E-state index in [2.05, 4.69) is 20.8 Å². The highest BCUT2D eigenvalue weighted by Crippen LogP contribution is 2.25. The Labute approximate surface area is 119 Å². The van der Waals surface area contributed by atoms with Crippen LogP contribution in [0.15, 0.2) is 22.7 Å². The van der Waals surface area contributed by atoms with Crippen LogP contribution in [-0.4, -0.2) is 22.3 Å². The lowest BCUT2D eigenvalue weighted by molar-refractivity contribution is 0.539. The van der Waals surface area contributed by atoms with Crippen molar-refractivity contribution in [2.24, 2.45) is 0 Å². The van der Waals surface area contributed by atoms with Gasteiger partial charge in [-0.1, -0.05) is 46.0 Å². The molecule has 92 valence electrons. The van der Waals surface area contributed by atoms with Crippen LogP contribution in [0.5, 0.6) is 0 Å². The number of halogens is 2. The second-order valence-corrected chi connectivity index (χ2v) is 6.45. The summed E-state index contributed by atoms with van der Waals surface area (Å²) in [6, 6.07) is 4.79. The van der Waals surface area contributed by atoms with E-state index in [0.29, 0.717) is 0 Å².